The van der Waals surface area contributed by atoms with E-state index in [2.05, 4.69) is 15.3 Å². The van der Waals surface area contributed by atoms with Gasteiger partial charge in [-0.05, 0) is 29.8 Å². The first-order valence-electron chi connectivity index (χ1n) is 9.79. The summed E-state index contributed by atoms with van der Waals surface area (Å²) in [5, 5.41) is 12.4. The van der Waals surface area contributed by atoms with Crippen molar-refractivity contribution in [3.8, 4) is 22.9 Å². The number of aromatic nitrogens is 3. The Morgan fingerprint density at radius 3 is 2.91 bits per heavy atom. The van der Waals surface area contributed by atoms with Gasteiger partial charge in [0.05, 0.1) is 18.4 Å². The molecule has 0 spiro atoms. The SMILES string of the molecule is N#Cc1cn2c(NCc3c(F)ccc4c3CCO4)ncc(-c3ccc(C=O)c(F)c3)c2n1. The molecule has 1 N–H and O–H groups in total. The number of aldehydes is 1. The van der Waals surface area contributed by atoms with Crippen molar-refractivity contribution in [3.63, 3.8) is 0 Å². The lowest BCUT2D eigenvalue weighted by molar-refractivity contribution is 0.112. The van der Waals surface area contributed by atoms with Gasteiger partial charge in [0.1, 0.15) is 23.5 Å². The standard InChI is InChI=1S/C23H15F2N5O2/c24-19-3-4-21-16(5-6-32-21)18(19)10-28-23-27-9-17(22-29-15(8-26)11-30(22)23)13-1-2-14(12-31)20(25)7-13/h1-4,7,9,11-12H,5-6,10H2,(H,27,28). The molecule has 0 radical (unpaired) electrons. The van der Waals surface area contributed by atoms with E-state index in [1.54, 1.807) is 16.5 Å². The van der Waals surface area contributed by atoms with Gasteiger partial charge < -0.3 is 10.1 Å². The molecular formula is C23H15F2N5O2. The molecule has 32 heavy (non-hydrogen) atoms. The summed E-state index contributed by atoms with van der Waals surface area (Å²) in [4.78, 5) is 19.6. The Labute approximate surface area is 180 Å². The molecule has 1 aliphatic rings. The summed E-state index contributed by atoms with van der Waals surface area (Å²) in [5.74, 6) is 0.00902. The third kappa shape index (κ3) is 3.22. The normalized spacial score (nSPS) is 12.3. The van der Waals surface area contributed by atoms with E-state index < -0.39 is 5.82 Å². The molecule has 1 aliphatic heterocycles. The summed E-state index contributed by atoms with van der Waals surface area (Å²) in [6, 6.07) is 9.15. The number of hydrogen-bond donors (Lipinski definition) is 1. The van der Waals surface area contributed by atoms with E-state index in [9.17, 15) is 18.8 Å². The largest absolute Gasteiger partial charge is 0.493 e. The molecule has 0 saturated carbocycles. The number of rotatable bonds is 5. The molecule has 0 bridgehead atoms. The quantitative estimate of drug-likeness (QED) is 0.482. The average molecular weight is 431 g/mol. The fraction of sp³-hybridized carbons (Fsp3) is 0.130. The van der Waals surface area contributed by atoms with Crippen LogP contribution >= 0.6 is 0 Å². The number of halogens is 2. The molecule has 0 saturated heterocycles. The molecular weight excluding hydrogens is 416 g/mol. The molecule has 9 heteroatoms. The second-order valence-corrected chi connectivity index (χ2v) is 7.24. The minimum Gasteiger partial charge on any atom is -0.493 e. The van der Waals surface area contributed by atoms with Crippen molar-refractivity contribution in [2.45, 2.75) is 13.0 Å². The minimum atomic E-state index is -0.666. The fourth-order valence-electron chi connectivity index (χ4n) is 3.83. The summed E-state index contributed by atoms with van der Waals surface area (Å²) in [5.41, 5.74) is 2.71. The molecule has 0 unspecified atom stereocenters. The molecule has 2 aromatic carbocycles. The summed E-state index contributed by atoms with van der Waals surface area (Å²) in [6.45, 7) is 0.665. The summed E-state index contributed by atoms with van der Waals surface area (Å²) in [6.07, 6.45) is 4.06. The number of nitriles is 1. The highest BCUT2D eigenvalue weighted by atomic mass is 19.1. The van der Waals surface area contributed by atoms with Crippen LogP contribution in [0.1, 0.15) is 27.2 Å². The zero-order chi connectivity index (χ0) is 22.2. The van der Waals surface area contributed by atoms with E-state index in [0.717, 1.165) is 5.56 Å². The second kappa shape index (κ2) is 7.74. The van der Waals surface area contributed by atoms with E-state index in [-0.39, 0.29) is 23.6 Å². The Balaban J connectivity index is 1.55. The highest BCUT2D eigenvalue weighted by Crippen LogP contribution is 2.31. The summed E-state index contributed by atoms with van der Waals surface area (Å²) >= 11 is 0. The van der Waals surface area contributed by atoms with Crippen LogP contribution in [0.4, 0.5) is 14.7 Å². The fourth-order valence-corrected chi connectivity index (χ4v) is 3.83. The van der Waals surface area contributed by atoms with E-state index in [1.165, 1.54) is 30.6 Å². The van der Waals surface area contributed by atoms with Crippen molar-refractivity contribution >= 4 is 17.9 Å². The summed E-state index contributed by atoms with van der Waals surface area (Å²) < 4.78 is 35.7. The van der Waals surface area contributed by atoms with Gasteiger partial charge in [-0.3, -0.25) is 9.20 Å². The van der Waals surface area contributed by atoms with Crippen LogP contribution in [-0.2, 0) is 13.0 Å². The Hall–Kier alpha value is -4.32. The maximum Gasteiger partial charge on any atom is 0.208 e. The van der Waals surface area contributed by atoms with Crippen molar-refractivity contribution in [3.05, 3.63) is 76.7 Å². The summed E-state index contributed by atoms with van der Waals surface area (Å²) in [7, 11) is 0. The van der Waals surface area contributed by atoms with Gasteiger partial charge in [-0.2, -0.15) is 5.26 Å². The zero-order valence-corrected chi connectivity index (χ0v) is 16.6. The van der Waals surface area contributed by atoms with Crippen molar-refractivity contribution in [2.75, 3.05) is 11.9 Å². The van der Waals surface area contributed by atoms with Crippen molar-refractivity contribution in [2.24, 2.45) is 0 Å². The van der Waals surface area contributed by atoms with Gasteiger partial charge in [0.15, 0.2) is 17.6 Å². The first kappa shape index (κ1) is 19.6. The average Bonchev–Trinajstić information content (AvgIpc) is 3.45. The highest BCUT2D eigenvalue weighted by Gasteiger charge is 2.20. The number of benzene rings is 2. The van der Waals surface area contributed by atoms with Crippen molar-refractivity contribution < 1.29 is 18.3 Å². The topological polar surface area (TPSA) is 92.3 Å². The van der Waals surface area contributed by atoms with E-state index in [1.807, 2.05) is 6.07 Å². The van der Waals surface area contributed by atoms with Crippen LogP contribution in [0.2, 0.25) is 0 Å². The number of anilines is 1. The predicted molar refractivity (Wildman–Crippen MR) is 111 cm³/mol. The Morgan fingerprint density at radius 1 is 1.25 bits per heavy atom. The second-order valence-electron chi connectivity index (χ2n) is 7.24. The Kier molecular flexibility index (Phi) is 4.75. The molecule has 3 heterocycles. The maximum atomic E-state index is 14.5. The van der Waals surface area contributed by atoms with Crippen LogP contribution in [0.15, 0.2) is 42.7 Å². The van der Waals surface area contributed by atoms with E-state index in [0.29, 0.717) is 53.3 Å². The number of hydrogen-bond acceptors (Lipinski definition) is 6. The van der Waals surface area contributed by atoms with Gasteiger partial charge in [0.2, 0.25) is 5.95 Å². The third-order valence-corrected chi connectivity index (χ3v) is 5.41. The first-order valence-corrected chi connectivity index (χ1v) is 9.79. The zero-order valence-electron chi connectivity index (χ0n) is 16.6. The molecule has 4 aromatic rings. The number of ether oxygens (including phenoxy) is 1. The lowest BCUT2D eigenvalue weighted by Gasteiger charge is -2.13. The number of fused-ring (bicyclic) bond motifs is 2. The molecule has 0 aliphatic carbocycles. The van der Waals surface area contributed by atoms with Crippen molar-refractivity contribution in [1.29, 1.82) is 5.26 Å². The predicted octanol–water partition coefficient (Wildman–Crippen LogP) is 3.91. The van der Waals surface area contributed by atoms with Gasteiger partial charge in [0.25, 0.3) is 0 Å². The van der Waals surface area contributed by atoms with E-state index >= 15 is 0 Å². The Morgan fingerprint density at radius 2 is 2.12 bits per heavy atom. The molecule has 2 aromatic heterocycles. The molecule has 158 valence electrons. The number of nitrogens with one attached hydrogen (secondary N) is 1. The van der Waals surface area contributed by atoms with Crippen LogP contribution < -0.4 is 10.1 Å². The number of nitrogens with zero attached hydrogens (tertiary/aromatic N) is 4. The molecule has 0 atom stereocenters. The van der Waals surface area contributed by atoms with Crippen LogP contribution in [0.25, 0.3) is 16.8 Å². The lowest BCUT2D eigenvalue weighted by Crippen LogP contribution is -2.09. The number of carbonyl (C=O) groups excluding carboxylic acids is 1. The van der Waals surface area contributed by atoms with Gasteiger partial charge >= 0.3 is 0 Å². The number of imidazole rings is 1. The van der Waals surface area contributed by atoms with Gasteiger partial charge in [-0.15, -0.1) is 0 Å². The van der Waals surface area contributed by atoms with Gasteiger partial charge in [-0.1, -0.05) is 6.07 Å². The van der Waals surface area contributed by atoms with Gasteiger partial charge in [-0.25, -0.2) is 18.7 Å². The molecule has 0 amide bonds. The van der Waals surface area contributed by atoms with Crippen LogP contribution in [0.3, 0.4) is 0 Å². The molecule has 7 nitrogen and oxygen atoms in total. The van der Waals surface area contributed by atoms with Crippen LogP contribution in [0.5, 0.6) is 5.75 Å². The smallest absolute Gasteiger partial charge is 0.208 e. The highest BCUT2D eigenvalue weighted by molar-refractivity contribution is 5.82. The lowest BCUT2D eigenvalue weighted by atomic mass is 10.0. The third-order valence-electron chi connectivity index (χ3n) is 5.41. The number of carbonyl (C=O) groups is 1. The van der Waals surface area contributed by atoms with Crippen LogP contribution in [0, 0.1) is 23.0 Å². The molecule has 5 rings (SSSR count). The first-order chi connectivity index (χ1) is 15.6. The molecule has 0 fully saturated rings. The van der Waals surface area contributed by atoms with E-state index in [4.69, 9.17) is 4.74 Å². The van der Waals surface area contributed by atoms with Crippen LogP contribution in [-0.4, -0.2) is 27.3 Å². The monoisotopic (exact) mass is 431 g/mol. The Bertz CT molecular complexity index is 1420. The minimum absolute atomic E-state index is 0.0570. The van der Waals surface area contributed by atoms with Crippen molar-refractivity contribution in [1.82, 2.24) is 14.4 Å². The van der Waals surface area contributed by atoms with Gasteiger partial charge in [0, 0.05) is 35.9 Å². The maximum absolute atomic E-state index is 14.5.